The second-order valence-corrected chi connectivity index (χ2v) is 6.46. The van der Waals surface area contributed by atoms with Crippen LogP contribution in [0.25, 0.3) is 0 Å². The van der Waals surface area contributed by atoms with Gasteiger partial charge in [0.25, 0.3) is 5.91 Å². The number of primary amides is 1. The topological polar surface area (TPSA) is 116 Å². The van der Waals surface area contributed by atoms with Crippen molar-refractivity contribution in [2.45, 2.75) is 19.1 Å². The third kappa shape index (κ3) is 4.78. The molecule has 1 aliphatic heterocycles. The van der Waals surface area contributed by atoms with E-state index in [0.29, 0.717) is 19.6 Å². The van der Waals surface area contributed by atoms with Crippen molar-refractivity contribution in [3.63, 3.8) is 0 Å². The van der Waals surface area contributed by atoms with Crippen molar-refractivity contribution in [1.29, 1.82) is 0 Å². The van der Waals surface area contributed by atoms with Gasteiger partial charge in [-0.2, -0.15) is 0 Å². The second-order valence-electron chi connectivity index (χ2n) is 6.46. The minimum absolute atomic E-state index is 0.234. The highest BCUT2D eigenvalue weighted by molar-refractivity contribution is 5.91. The first kappa shape index (κ1) is 19.6. The molecular formula is C18H22FN7O2. The lowest BCUT2D eigenvalue weighted by Crippen LogP contribution is -2.66. The summed E-state index contributed by atoms with van der Waals surface area (Å²) in [4.78, 5) is 33.7. The smallest absolute Gasteiger partial charge is 0.284 e. The molecule has 10 heteroatoms. The Bertz CT molecular complexity index is 818. The van der Waals surface area contributed by atoms with E-state index in [-0.39, 0.29) is 17.4 Å². The highest BCUT2D eigenvalue weighted by Crippen LogP contribution is 2.18. The summed E-state index contributed by atoms with van der Waals surface area (Å²) in [6.45, 7) is 3.17. The number of rotatable bonds is 6. The van der Waals surface area contributed by atoms with Gasteiger partial charge in [-0.3, -0.25) is 20.3 Å². The lowest BCUT2D eigenvalue weighted by atomic mass is 10.2. The number of nitrogens with two attached hydrogens (primary N) is 1. The molecule has 3 rings (SSSR count). The van der Waals surface area contributed by atoms with Crippen LogP contribution in [0.2, 0.25) is 0 Å². The van der Waals surface area contributed by atoms with Crippen LogP contribution in [-0.4, -0.2) is 58.6 Å². The average molecular weight is 387 g/mol. The van der Waals surface area contributed by atoms with Gasteiger partial charge in [-0.1, -0.05) is 0 Å². The van der Waals surface area contributed by atoms with Crippen LogP contribution in [0.4, 0.5) is 10.1 Å². The Kier molecular flexibility index (Phi) is 6.12. The SMILES string of the molecule is C[C@H](N[C@@H]1CN(c2ccc(F)cc2)CCN1NC(=O)c1ccncn1)C(N)=O. The van der Waals surface area contributed by atoms with E-state index in [0.717, 1.165) is 5.69 Å². The second kappa shape index (κ2) is 8.72. The van der Waals surface area contributed by atoms with E-state index in [9.17, 15) is 14.0 Å². The molecule has 4 N–H and O–H groups in total. The minimum atomic E-state index is -0.600. The highest BCUT2D eigenvalue weighted by atomic mass is 19.1. The summed E-state index contributed by atoms with van der Waals surface area (Å²) in [5.41, 5.74) is 9.27. The van der Waals surface area contributed by atoms with Crippen LogP contribution in [-0.2, 0) is 4.79 Å². The molecule has 2 aromatic rings. The maximum Gasteiger partial charge on any atom is 0.284 e. The molecule has 0 unspecified atom stereocenters. The summed E-state index contributed by atoms with van der Waals surface area (Å²) in [5, 5.41) is 4.84. The molecule has 1 aliphatic rings. The number of halogens is 1. The Morgan fingerprint density at radius 3 is 2.64 bits per heavy atom. The number of nitrogens with zero attached hydrogens (tertiary/aromatic N) is 4. The Morgan fingerprint density at radius 1 is 1.25 bits per heavy atom. The van der Waals surface area contributed by atoms with E-state index in [1.807, 2.05) is 4.90 Å². The summed E-state index contributed by atoms with van der Waals surface area (Å²) < 4.78 is 13.2. The molecule has 2 amide bonds. The van der Waals surface area contributed by atoms with Crippen LogP contribution in [0.1, 0.15) is 17.4 Å². The Balaban J connectivity index is 1.74. The highest BCUT2D eigenvalue weighted by Gasteiger charge is 2.30. The van der Waals surface area contributed by atoms with Crippen molar-refractivity contribution in [1.82, 2.24) is 25.7 Å². The number of aromatic nitrogens is 2. The van der Waals surface area contributed by atoms with Gasteiger partial charge >= 0.3 is 0 Å². The van der Waals surface area contributed by atoms with Crippen LogP contribution in [0.3, 0.4) is 0 Å². The molecule has 1 aromatic heterocycles. The Labute approximate surface area is 161 Å². The molecule has 28 heavy (non-hydrogen) atoms. The summed E-state index contributed by atoms with van der Waals surface area (Å²) in [7, 11) is 0. The fraction of sp³-hybridized carbons (Fsp3) is 0.333. The summed E-state index contributed by atoms with van der Waals surface area (Å²) in [6.07, 6.45) is 2.39. The number of anilines is 1. The maximum atomic E-state index is 13.2. The standard InChI is InChI=1S/C18H22FN7O2/c1-12(17(20)27)23-16-10-25(14-4-2-13(19)3-5-14)8-9-26(16)24-18(28)15-6-7-21-11-22-15/h2-7,11-12,16,23H,8-10H2,1H3,(H2,20,27)(H,24,28)/t12-,16-/m0/s1. The predicted octanol–water partition coefficient (Wildman–Crippen LogP) is -0.128. The predicted molar refractivity (Wildman–Crippen MR) is 100 cm³/mol. The van der Waals surface area contributed by atoms with Crippen LogP contribution in [0.5, 0.6) is 0 Å². The van der Waals surface area contributed by atoms with Gasteiger partial charge in [-0.15, -0.1) is 0 Å². The zero-order chi connectivity index (χ0) is 20.1. The summed E-state index contributed by atoms with van der Waals surface area (Å²) in [6, 6.07) is 7.09. The number of nitrogens with one attached hydrogen (secondary N) is 2. The minimum Gasteiger partial charge on any atom is -0.368 e. The summed E-state index contributed by atoms with van der Waals surface area (Å²) >= 11 is 0. The fourth-order valence-electron chi connectivity index (χ4n) is 2.93. The zero-order valence-electron chi connectivity index (χ0n) is 15.4. The first-order valence-corrected chi connectivity index (χ1v) is 8.83. The molecule has 0 bridgehead atoms. The van der Waals surface area contributed by atoms with E-state index in [4.69, 9.17) is 5.73 Å². The zero-order valence-corrected chi connectivity index (χ0v) is 15.4. The van der Waals surface area contributed by atoms with Crippen molar-refractivity contribution in [2.24, 2.45) is 5.73 Å². The third-order valence-electron chi connectivity index (χ3n) is 4.50. The molecule has 1 fully saturated rings. The molecular weight excluding hydrogens is 365 g/mol. The van der Waals surface area contributed by atoms with Crippen molar-refractivity contribution in [2.75, 3.05) is 24.5 Å². The van der Waals surface area contributed by atoms with E-state index >= 15 is 0 Å². The van der Waals surface area contributed by atoms with Gasteiger partial charge in [0.1, 0.15) is 17.8 Å². The van der Waals surface area contributed by atoms with Gasteiger partial charge in [-0.05, 0) is 37.3 Å². The fourth-order valence-corrected chi connectivity index (χ4v) is 2.93. The van der Waals surface area contributed by atoms with Gasteiger partial charge in [-0.25, -0.2) is 19.4 Å². The van der Waals surface area contributed by atoms with Crippen LogP contribution < -0.4 is 21.4 Å². The van der Waals surface area contributed by atoms with E-state index in [2.05, 4.69) is 20.7 Å². The average Bonchev–Trinajstić information content (AvgIpc) is 2.70. The molecule has 0 radical (unpaired) electrons. The van der Waals surface area contributed by atoms with Crippen LogP contribution in [0, 0.1) is 5.82 Å². The number of piperazine rings is 1. The number of amides is 2. The number of benzene rings is 1. The lowest BCUT2D eigenvalue weighted by Gasteiger charge is -2.43. The van der Waals surface area contributed by atoms with Gasteiger partial charge in [0.15, 0.2) is 0 Å². The molecule has 0 aliphatic carbocycles. The Morgan fingerprint density at radius 2 is 2.00 bits per heavy atom. The number of carbonyl (C=O) groups is 2. The first-order valence-electron chi connectivity index (χ1n) is 8.83. The molecule has 9 nitrogen and oxygen atoms in total. The molecule has 148 valence electrons. The normalized spacial score (nSPS) is 18.5. The van der Waals surface area contributed by atoms with Crippen molar-refractivity contribution in [3.8, 4) is 0 Å². The molecule has 0 spiro atoms. The number of hydrazine groups is 1. The maximum absolute atomic E-state index is 13.2. The van der Waals surface area contributed by atoms with Crippen LogP contribution >= 0.6 is 0 Å². The van der Waals surface area contributed by atoms with Crippen LogP contribution in [0.15, 0.2) is 42.9 Å². The molecule has 1 aromatic carbocycles. The monoisotopic (exact) mass is 387 g/mol. The van der Waals surface area contributed by atoms with E-state index in [1.54, 1.807) is 24.1 Å². The van der Waals surface area contributed by atoms with E-state index < -0.39 is 18.1 Å². The quantitative estimate of drug-likeness (QED) is 0.632. The lowest BCUT2D eigenvalue weighted by molar-refractivity contribution is -0.120. The first-order chi connectivity index (χ1) is 13.4. The largest absolute Gasteiger partial charge is 0.368 e. The Hall–Kier alpha value is -3.11. The van der Waals surface area contributed by atoms with Crippen molar-refractivity contribution >= 4 is 17.5 Å². The molecule has 2 atom stereocenters. The van der Waals surface area contributed by atoms with E-state index in [1.165, 1.54) is 30.7 Å². The molecule has 0 saturated carbocycles. The van der Waals surface area contributed by atoms with Gasteiger partial charge in [0.05, 0.1) is 12.2 Å². The number of hydrogen-bond donors (Lipinski definition) is 3. The third-order valence-corrected chi connectivity index (χ3v) is 4.50. The molecule has 1 saturated heterocycles. The van der Waals surface area contributed by atoms with Gasteiger partial charge in [0.2, 0.25) is 5.91 Å². The van der Waals surface area contributed by atoms with Gasteiger partial charge in [0, 0.05) is 31.5 Å². The van der Waals surface area contributed by atoms with Gasteiger partial charge < -0.3 is 10.6 Å². The van der Waals surface area contributed by atoms with Crippen molar-refractivity contribution in [3.05, 3.63) is 54.4 Å². The number of hydrogen-bond acceptors (Lipinski definition) is 7. The molecule has 2 heterocycles. The van der Waals surface area contributed by atoms with Crippen molar-refractivity contribution < 1.29 is 14.0 Å². The summed E-state index contributed by atoms with van der Waals surface area (Å²) in [5.74, 6) is -1.19. The number of carbonyl (C=O) groups excluding carboxylic acids is 2.